The van der Waals surface area contributed by atoms with E-state index in [1.165, 1.54) is 17.3 Å². The van der Waals surface area contributed by atoms with Crippen molar-refractivity contribution < 1.29 is 9.53 Å². The number of hydrogen-bond acceptors (Lipinski definition) is 5. The van der Waals surface area contributed by atoms with Crippen molar-refractivity contribution >= 4 is 23.5 Å². The number of aromatic nitrogens is 2. The number of carbonyl (C=O) groups excluding carboxylic acids is 1. The second-order valence-corrected chi connectivity index (χ2v) is 7.78. The molecule has 6 nitrogen and oxygen atoms in total. The molecule has 1 atom stereocenters. The third-order valence-electron chi connectivity index (χ3n) is 4.89. The lowest BCUT2D eigenvalue weighted by Gasteiger charge is -2.24. The predicted octanol–water partition coefficient (Wildman–Crippen LogP) is 3.85. The van der Waals surface area contributed by atoms with E-state index in [2.05, 4.69) is 34.3 Å². The summed E-state index contributed by atoms with van der Waals surface area (Å²) < 4.78 is 5.87. The Morgan fingerprint density at radius 1 is 1.17 bits per heavy atom. The van der Waals surface area contributed by atoms with Crippen LogP contribution in [0.1, 0.15) is 34.6 Å². The molecule has 2 aromatic carbocycles. The van der Waals surface area contributed by atoms with Gasteiger partial charge < -0.3 is 15.0 Å². The zero-order valence-electron chi connectivity index (χ0n) is 16.2. The number of aromatic amines is 1. The highest BCUT2D eigenvalue weighted by molar-refractivity contribution is 7.98. The van der Waals surface area contributed by atoms with E-state index in [4.69, 9.17) is 4.74 Å². The second-order valence-electron chi connectivity index (χ2n) is 6.99. The number of ether oxygens (including phenoxy) is 1. The van der Waals surface area contributed by atoms with Gasteiger partial charge in [-0.2, -0.15) is 0 Å². The van der Waals surface area contributed by atoms with Crippen molar-refractivity contribution in [3.05, 3.63) is 81.1 Å². The molecule has 1 unspecified atom stereocenters. The molecule has 1 aromatic heterocycles. The van der Waals surface area contributed by atoms with Crippen LogP contribution in [0.4, 0.5) is 5.82 Å². The average molecular weight is 407 g/mol. The largest absolute Gasteiger partial charge is 0.489 e. The van der Waals surface area contributed by atoms with E-state index < -0.39 is 0 Å². The van der Waals surface area contributed by atoms with Crippen LogP contribution in [0, 0.1) is 6.92 Å². The maximum Gasteiger partial charge on any atom is 0.257 e. The summed E-state index contributed by atoms with van der Waals surface area (Å²) in [5.74, 6) is 0.601. The Kier molecular flexibility index (Phi) is 5.40. The molecule has 0 saturated carbocycles. The molecule has 4 rings (SSSR count). The topological polar surface area (TPSA) is 84.1 Å². The van der Waals surface area contributed by atoms with E-state index in [0.717, 1.165) is 16.9 Å². The van der Waals surface area contributed by atoms with Crippen molar-refractivity contribution in [1.82, 2.24) is 9.97 Å². The van der Waals surface area contributed by atoms with Crippen LogP contribution < -0.4 is 15.6 Å². The fraction of sp³-hybridized carbons (Fsp3) is 0.227. The molecule has 0 saturated heterocycles. The molecule has 2 N–H and O–H groups in total. The minimum Gasteiger partial charge on any atom is -0.489 e. The summed E-state index contributed by atoms with van der Waals surface area (Å²) in [5.41, 5.74) is 3.46. The van der Waals surface area contributed by atoms with Gasteiger partial charge in [0, 0.05) is 12.3 Å². The number of carbonyl (C=O) groups is 1. The first-order chi connectivity index (χ1) is 14.0. The van der Waals surface area contributed by atoms with Crippen molar-refractivity contribution in [2.24, 2.45) is 0 Å². The van der Waals surface area contributed by atoms with Gasteiger partial charge in [0.1, 0.15) is 18.2 Å². The summed E-state index contributed by atoms with van der Waals surface area (Å²) in [6.07, 6.45) is 2.03. The Morgan fingerprint density at radius 2 is 1.97 bits per heavy atom. The highest BCUT2D eigenvalue weighted by Gasteiger charge is 2.30. The maximum atomic E-state index is 12.6. The molecule has 3 aromatic rings. The van der Waals surface area contributed by atoms with Crippen molar-refractivity contribution in [3.63, 3.8) is 0 Å². The smallest absolute Gasteiger partial charge is 0.257 e. The van der Waals surface area contributed by atoms with Gasteiger partial charge in [-0.25, -0.2) is 4.98 Å². The number of nitrogens with zero attached hydrogens (tertiary/aromatic N) is 1. The van der Waals surface area contributed by atoms with Crippen molar-refractivity contribution in [2.45, 2.75) is 31.0 Å². The number of aryl methyl sites for hydroxylation is 1. The average Bonchev–Trinajstić information content (AvgIpc) is 2.71. The van der Waals surface area contributed by atoms with E-state index in [0.29, 0.717) is 23.1 Å². The number of H-pyrrole nitrogens is 1. The Bertz CT molecular complexity index is 1110. The van der Waals surface area contributed by atoms with Gasteiger partial charge in [-0.1, -0.05) is 53.7 Å². The molecule has 0 bridgehead atoms. The Balaban J connectivity index is 1.56. The highest BCUT2D eigenvalue weighted by atomic mass is 32.2. The normalized spacial score (nSPS) is 15.5. The number of fused-ring (bicyclic) bond motifs is 1. The minimum atomic E-state index is -0.336. The molecule has 0 fully saturated rings. The molecule has 2 heterocycles. The lowest BCUT2D eigenvalue weighted by atomic mass is 9.87. The second kappa shape index (κ2) is 8.13. The fourth-order valence-electron chi connectivity index (χ4n) is 3.50. The van der Waals surface area contributed by atoms with Gasteiger partial charge in [0.2, 0.25) is 5.91 Å². The van der Waals surface area contributed by atoms with E-state index in [1.807, 2.05) is 42.7 Å². The minimum absolute atomic E-state index is 0.146. The zero-order chi connectivity index (χ0) is 20.4. The summed E-state index contributed by atoms with van der Waals surface area (Å²) in [6.45, 7) is 2.53. The number of nitrogens with one attached hydrogen (secondary N) is 2. The fourth-order valence-corrected chi connectivity index (χ4v) is 3.87. The molecular formula is C22H21N3O3S. The van der Waals surface area contributed by atoms with Crippen LogP contribution in [0.2, 0.25) is 0 Å². The lowest BCUT2D eigenvalue weighted by Crippen LogP contribution is -2.31. The standard InChI is InChI=1S/C22H21N3O3S/c1-13-4-3-5-14(10-13)12-28-16-8-6-15(7-9-16)17-11-18(26)23-20-19(17)21(27)25-22(24-20)29-2/h3-10,17H,11-12H2,1-2H3,(H2,23,24,25,26,27). The van der Waals surface area contributed by atoms with Crippen LogP contribution in [0.3, 0.4) is 0 Å². The first-order valence-electron chi connectivity index (χ1n) is 9.30. The van der Waals surface area contributed by atoms with Gasteiger partial charge in [0.25, 0.3) is 5.56 Å². The van der Waals surface area contributed by atoms with Crippen molar-refractivity contribution in [1.29, 1.82) is 0 Å². The van der Waals surface area contributed by atoms with E-state index in [1.54, 1.807) is 0 Å². The number of thioether (sulfide) groups is 1. The molecule has 0 radical (unpaired) electrons. The summed E-state index contributed by atoms with van der Waals surface area (Å²) in [5, 5.41) is 3.20. The number of amides is 1. The number of anilines is 1. The van der Waals surface area contributed by atoms with Crippen molar-refractivity contribution in [3.8, 4) is 5.75 Å². The summed E-state index contributed by atoms with van der Waals surface area (Å²) >= 11 is 1.33. The van der Waals surface area contributed by atoms with Crippen LogP contribution in [0.15, 0.2) is 58.5 Å². The van der Waals surface area contributed by atoms with Gasteiger partial charge in [-0.15, -0.1) is 0 Å². The summed E-state index contributed by atoms with van der Waals surface area (Å²) in [7, 11) is 0. The lowest BCUT2D eigenvalue weighted by molar-refractivity contribution is -0.116. The molecule has 1 aliphatic rings. The Morgan fingerprint density at radius 3 is 2.69 bits per heavy atom. The maximum absolute atomic E-state index is 12.6. The third kappa shape index (κ3) is 4.19. The van der Waals surface area contributed by atoms with Crippen LogP contribution in [0.25, 0.3) is 0 Å². The highest BCUT2D eigenvalue weighted by Crippen LogP contribution is 2.35. The van der Waals surface area contributed by atoms with Crippen LogP contribution in [0.5, 0.6) is 5.75 Å². The third-order valence-corrected chi connectivity index (χ3v) is 5.47. The van der Waals surface area contributed by atoms with Crippen LogP contribution >= 0.6 is 11.8 Å². The molecule has 29 heavy (non-hydrogen) atoms. The first kappa shape index (κ1) is 19.3. The Labute approximate surface area is 172 Å². The van der Waals surface area contributed by atoms with Gasteiger partial charge in [-0.05, 0) is 36.4 Å². The van der Waals surface area contributed by atoms with Crippen LogP contribution in [-0.2, 0) is 11.4 Å². The summed E-state index contributed by atoms with van der Waals surface area (Å²) in [6, 6.07) is 15.7. The monoisotopic (exact) mass is 407 g/mol. The number of benzene rings is 2. The molecule has 7 heteroatoms. The zero-order valence-corrected chi connectivity index (χ0v) is 17.0. The van der Waals surface area contributed by atoms with Gasteiger partial charge >= 0.3 is 0 Å². The molecule has 0 spiro atoms. The van der Waals surface area contributed by atoms with Crippen LogP contribution in [-0.4, -0.2) is 22.1 Å². The SMILES string of the molecule is CSc1nc2c(c(=O)[nH]1)C(c1ccc(OCc3cccc(C)c3)cc1)CC(=O)N2. The van der Waals surface area contributed by atoms with E-state index in [-0.39, 0.29) is 23.8 Å². The number of rotatable bonds is 5. The van der Waals surface area contributed by atoms with Crippen molar-refractivity contribution in [2.75, 3.05) is 11.6 Å². The van der Waals surface area contributed by atoms with Gasteiger partial charge in [-0.3, -0.25) is 9.59 Å². The number of hydrogen-bond donors (Lipinski definition) is 2. The quantitative estimate of drug-likeness (QED) is 0.496. The molecule has 1 amide bonds. The molecule has 1 aliphatic heterocycles. The van der Waals surface area contributed by atoms with Gasteiger partial charge in [0.15, 0.2) is 5.16 Å². The molecule has 0 aliphatic carbocycles. The van der Waals surface area contributed by atoms with E-state index in [9.17, 15) is 9.59 Å². The van der Waals surface area contributed by atoms with Gasteiger partial charge in [0.05, 0.1) is 5.56 Å². The van der Waals surface area contributed by atoms with E-state index >= 15 is 0 Å². The predicted molar refractivity (Wildman–Crippen MR) is 114 cm³/mol. The Hall–Kier alpha value is -3.06. The molecular weight excluding hydrogens is 386 g/mol. The summed E-state index contributed by atoms with van der Waals surface area (Å²) in [4.78, 5) is 31.9. The first-order valence-corrected chi connectivity index (χ1v) is 10.5. The molecule has 148 valence electrons.